The van der Waals surface area contributed by atoms with E-state index < -0.39 is 12.5 Å². The second kappa shape index (κ2) is 4.27. The Morgan fingerprint density at radius 2 is 2.31 bits per heavy atom. The Labute approximate surface area is 74.9 Å². The number of hydrogen-bond donors (Lipinski definition) is 1. The van der Waals surface area contributed by atoms with Gasteiger partial charge in [-0.15, -0.1) is 5.10 Å². The molecule has 0 amide bonds. The largest absolute Gasteiger partial charge is 0.312 e. The molecule has 1 N–H and O–H groups in total. The number of hydrogen-bond acceptors (Lipinski definition) is 3. The maximum atomic E-state index is 12.3. The number of aryl methyl sites for hydroxylation is 1. The second-order valence-electron chi connectivity index (χ2n) is 2.82. The highest BCUT2D eigenvalue weighted by molar-refractivity contribution is 4.96. The summed E-state index contributed by atoms with van der Waals surface area (Å²) in [5.74, 6) is 0. The van der Waals surface area contributed by atoms with Gasteiger partial charge in [-0.3, -0.25) is 4.68 Å². The van der Waals surface area contributed by atoms with Crippen LogP contribution in [-0.4, -0.2) is 34.5 Å². The lowest BCUT2D eigenvalue weighted by molar-refractivity contribution is 0.102. The van der Waals surface area contributed by atoms with Crippen LogP contribution in [0.3, 0.4) is 0 Å². The van der Waals surface area contributed by atoms with E-state index >= 15 is 0 Å². The summed E-state index contributed by atoms with van der Waals surface area (Å²) in [5.41, 5.74) is 0.571. The average molecular weight is 190 g/mol. The topological polar surface area (TPSA) is 42.7 Å². The lowest BCUT2D eigenvalue weighted by Gasteiger charge is -2.12. The van der Waals surface area contributed by atoms with E-state index in [-0.39, 0.29) is 6.42 Å². The maximum absolute atomic E-state index is 12.3. The van der Waals surface area contributed by atoms with Gasteiger partial charge in [-0.2, -0.15) is 0 Å². The van der Waals surface area contributed by atoms with Gasteiger partial charge in [-0.1, -0.05) is 5.21 Å². The van der Waals surface area contributed by atoms with E-state index in [1.54, 1.807) is 13.2 Å². The number of alkyl halides is 2. The van der Waals surface area contributed by atoms with Crippen LogP contribution in [0.4, 0.5) is 8.78 Å². The van der Waals surface area contributed by atoms with Crippen molar-refractivity contribution in [2.75, 3.05) is 7.05 Å². The highest BCUT2D eigenvalue weighted by atomic mass is 19.3. The third-order valence-electron chi connectivity index (χ3n) is 1.75. The van der Waals surface area contributed by atoms with E-state index in [4.69, 9.17) is 0 Å². The zero-order chi connectivity index (χ0) is 9.84. The van der Waals surface area contributed by atoms with Gasteiger partial charge in [0, 0.05) is 19.7 Å². The first-order chi connectivity index (χ1) is 6.13. The zero-order valence-electron chi connectivity index (χ0n) is 7.54. The first kappa shape index (κ1) is 10.0. The van der Waals surface area contributed by atoms with Crippen molar-refractivity contribution in [2.24, 2.45) is 7.05 Å². The maximum Gasteiger partial charge on any atom is 0.254 e. The van der Waals surface area contributed by atoms with Crippen molar-refractivity contribution in [3.8, 4) is 0 Å². The normalized spacial score (nSPS) is 13.6. The van der Waals surface area contributed by atoms with Crippen LogP contribution in [0.2, 0.25) is 0 Å². The van der Waals surface area contributed by atoms with E-state index in [0.29, 0.717) is 5.69 Å². The molecule has 0 saturated carbocycles. The summed E-state index contributed by atoms with van der Waals surface area (Å²) in [7, 11) is 3.21. The summed E-state index contributed by atoms with van der Waals surface area (Å²) in [6.07, 6.45) is -0.554. The fraction of sp³-hybridized carbons (Fsp3) is 0.714. The van der Waals surface area contributed by atoms with Crippen LogP contribution in [0.25, 0.3) is 0 Å². The van der Waals surface area contributed by atoms with E-state index in [0.717, 1.165) is 0 Å². The Balaban J connectivity index is 2.56. The minimum Gasteiger partial charge on any atom is -0.312 e. The van der Waals surface area contributed by atoms with E-state index in [1.807, 2.05) is 0 Å². The molecule has 1 rings (SSSR count). The molecule has 0 aliphatic carbocycles. The van der Waals surface area contributed by atoms with Crippen molar-refractivity contribution in [1.82, 2.24) is 20.3 Å². The molecule has 1 atom stereocenters. The molecular formula is C7H12F2N4. The molecule has 0 bridgehead atoms. The molecule has 1 unspecified atom stereocenters. The van der Waals surface area contributed by atoms with Crippen LogP contribution >= 0.6 is 0 Å². The fourth-order valence-corrected chi connectivity index (χ4v) is 1.03. The predicted molar refractivity (Wildman–Crippen MR) is 43.6 cm³/mol. The quantitative estimate of drug-likeness (QED) is 0.738. The summed E-state index contributed by atoms with van der Waals surface area (Å²) in [5, 5.41) is 9.92. The SMILES string of the molecule is CNC(Cc1cn(C)nn1)C(F)F. The minimum atomic E-state index is -2.38. The van der Waals surface area contributed by atoms with Crippen molar-refractivity contribution < 1.29 is 8.78 Å². The van der Waals surface area contributed by atoms with Gasteiger partial charge in [-0.25, -0.2) is 8.78 Å². The molecule has 74 valence electrons. The van der Waals surface area contributed by atoms with Crippen LogP contribution in [0.5, 0.6) is 0 Å². The minimum absolute atomic E-state index is 0.196. The Hall–Kier alpha value is -1.04. The Morgan fingerprint density at radius 1 is 1.62 bits per heavy atom. The van der Waals surface area contributed by atoms with Crippen molar-refractivity contribution in [1.29, 1.82) is 0 Å². The summed E-state index contributed by atoms with van der Waals surface area (Å²) < 4.78 is 26.0. The summed E-state index contributed by atoms with van der Waals surface area (Å²) >= 11 is 0. The lowest BCUT2D eigenvalue weighted by Crippen LogP contribution is -2.34. The standard InChI is InChI=1S/C7H12F2N4/c1-10-6(7(8)9)3-5-4-13(2)12-11-5/h4,6-7,10H,3H2,1-2H3. The lowest BCUT2D eigenvalue weighted by atomic mass is 10.2. The van der Waals surface area contributed by atoms with Crippen molar-refractivity contribution >= 4 is 0 Å². The van der Waals surface area contributed by atoms with E-state index in [2.05, 4.69) is 15.6 Å². The van der Waals surface area contributed by atoms with Crippen molar-refractivity contribution in [2.45, 2.75) is 18.9 Å². The Bertz CT molecular complexity index is 261. The van der Waals surface area contributed by atoms with Crippen molar-refractivity contribution in [3.05, 3.63) is 11.9 Å². The van der Waals surface area contributed by atoms with Gasteiger partial charge in [0.1, 0.15) is 0 Å². The molecule has 0 saturated heterocycles. The van der Waals surface area contributed by atoms with Gasteiger partial charge in [-0.05, 0) is 7.05 Å². The third-order valence-corrected chi connectivity index (χ3v) is 1.75. The van der Waals surface area contributed by atoms with E-state index in [1.165, 1.54) is 11.7 Å². The molecular weight excluding hydrogens is 178 g/mol. The van der Waals surface area contributed by atoms with Gasteiger partial charge < -0.3 is 5.32 Å². The molecule has 0 fully saturated rings. The number of rotatable bonds is 4. The first-order valence-corrected chi connectivity index (χ1v) is 3.94. The molecule has 0 aliphatic heterocycles. The summed E-state index contributed by atoms with van der Waals surface area (Å²) in [4.78, 5) is 0. The molecule has 0 radical (unpaired) electrons. The van der Waals surface area contributed by atoms with Gasteiger partial charge in [0.05, 0.1) is 11.7 Å². The molecule has 1 aromatic rings. The highest BCUT2D eigenvalue weighted by Crippen LogP contribution is 2.06. The van der Waals surface area contributed by atoms with Crippen LogP contribution in [0.15, 0.2) is 6.20 Å². The highest BCUT2D eigenvalue weighted by Gasteiger charge is 2.19. The molecule has 6 heteroatoms. The van der Waals surface area contributed by atoms with E-state index in [9.17, 15) is 8.78 Å². The molecule has 0 aromatic carbocycles. The second-order valence-corrected chi connectivity index (χ2v) is 2.82. The molecule has 0 spiro atoms. The Kier molecular flexibility index (Phi) is 3.30. The zero-order valence-corrected chi connectivity index (χ0v) is 7.54. The van der Waals surface area contributed by atoms with Gasteiger partial charge >= 0.3 is 0 Å². The molecule has 4 nitrogen and oxygen atoms in total. The van der Waals surface area contributed by atoms with Crippen LogP contribution in [-0.2, 0) is 13.5 Å². The van der Waals surface area contributed by atoms with Gasteiger partial charge in [0.15, 0.2) is 0 Å². The average Bonchev–Trinajstić information content (AvgIpc) is 2.46. The molecule has 1 heterocycles. The van der Waals surface area contributed by atoms with Crippen molar-refractivity contribution in [3.63, 3.8) is 0 Å². The van der Waals surface area contributed by atoms with Crippen LogP contribution < -0.4 is 5.32 Å². The molecule has 0 aliphatic rings. The number of nitrogens with one attached hydrogen (secondary N) is 1. The number of nitrogens with zero attached hydrogens (tertiary/aromatic N) is 3. The fourth-order valence-electron chi connectivity index (χ4n) is 1.03. The number of likely N-dealkylation sites (N-methyl/N-ethyl adjacent to an activating group) is 1. The third kappa shape index (κ3) is 2.73. The van der Waals surface area contributed by atoms with Crippen LogP contribution in [0, 0.1) is 0 Å². The predicted octanol–water partition coefficient (Wildman–Crippen LogP) is 0.211. The molecule has 1 aromatic heterocycles. The first-order valence-electron chi connectivity index (χ1n) is 3.94. The smallest absolute Gasteiger partial charge is 0.254 e. The number of aromatic nitrogens is 3. The van der Waals surface area contributed by atoms with Crippen LogP contribution in [0.1, 0.15) is 5.69 Å². The van der Waals surface area contributed by atoms with Gasteiger partial charge in [0.25, 0.3) is 6.43 Å². The van der Waals surface area contributed by atoms with Gasteiger partial charge in [0.2, 0.25) is 0 Å². The monoisotopic (exact) mass is 190 g/mol. The Morgan fingerprint density at radius 3 is 2.69 bits per heavy atom. The summed E-state index contributed by atoms with van der Waals surface area (Å²) in [6, 6.07) is -0.850. The summed E-state index contributed by atoms with van der Waals surface area (Å²) in [6.45, 7) is 0. The molecule has 13 heavy (non-hydrogen) atoms. The number of halogens is 2.